The van der Waals surface area contributed by atoms with Crippen LogP contribution in [0.2, 0.25) is 5.02 Å². The SMILES string of the molecule is Clc1cccc([C@H]2C[C@@H](c3cccnc3)Nc3ncnn32)c1. The van der Waals surface area contributed by atoms with Gasteiger partial charge in [0, 0.05) is 17.4 Å². The van der Waals surface area contributed by atoms with Gasteiger partial charge in [0.1, 0.15) is 6.33 Å². The largest absolute Gasteiger partial charge is 0.347 e. The second kappa shape index (κ2) is 5.42. The molecule has 1 aromatic carbocycles. The minimum Gasteiger partial charge on any atom is -0.347 e. The Morgan fingerprint density at radius 2 is 2.09 bits per heavy atom. The predicted molar refractivity (Wildman–Crippen MR) is 84.8 cm³/mol. The Balaban J connectivity index is 1.75. The number of benzene rings is 1. The molecular weight excluding hydrogens is 298 g/mol. The van der Waals surface area contributed by atoms with Crippen LogP contribution in [0.3, 0.4) is 0 Å². The van der Waals surface area contributed by atoms with Crippen molar-refractivity contribution in [3.63, 3.8) is 0 Å². The van der Waals surface area contributed by atoms with Gasteiger partial charge in [0.15, 0.2) is 0 Å². The van der Waals surface area contributed by atoms with Gasteiger partial charge >= 0.3 is 0 Å². The molecule has 3 aromatic rings. The molecule has 6 heteroatoms. The minimum absolute atomic E-state index is 0.0997. The second-order valence-corrected chi connectivity index (χ2v) is 5.75. The number of pyridine rings is 1. The maximum atomic E-state index is 6.15. The van der Waals surface area contributed by atoms with Gasteiger partial charge in [0.25, 0.3) is 0 Å². The number of halogens is 1. The Bertz CT molecular complexity index is 786. The molecule has 22 heavy (non-hydrogen) atoms. The molecule has 0 unspecified atom stereocenters. The monoisotopic (exact) mass is 311 g/mol. The first-order valence-electron chi connectivity index (χ1n) is 7.13. The molecule has 0 bridgehead atoms. The second-order valence-electron chi connectivity index (χ2n) is 5.32. The average Bonchev–Trinajstić information content (AvgIpc) is 3.03. The summed E-state index contributed by atoms with van der Waals surface area (Å²) in [7, 11) is 0. The van der Waals surface area contributed by atoms with Crippen molar-refractivity contribution >= 4 is 17.5 Å². The molecule has 1 N–H and O–H groups in total. The summed E-state index contributed by atoms with van der Waals surface area (Å²) in [6, 6.07) is 12.2. The number of hydrogen-bond donors (Lipinski definition) is 1. The molecule has 4 rings (SSSR count). The van der Waals surface area contributed by atoms with Crippen molar-refractivity contribution in [3.05, 3.63) is 71.3 Å². The molecule has 0 saturated carbocycles. The van der Waals surface area contributed by atoms with Crippen LogP contribution in [0.1, 0.15) is 29.6 Å². The molecule has 1 aliphatic heterocycles. The summed E-state index contributed by atoms with van der Waals surface area (Å²) in [6.45, 7) is 0. The number of fused-ring (bicyclic) bond motifs is 1. The van der Waals surface area contributed by atoms with Crippen LogP contribution < -0.4 is 5.32 Å². The number of nitrogens with zero attached hydrogens (tertiary/aromatic N) is 4. The Kier molecular flexibility index (Phi) is 3.27. The van der Waals surface area contributed by atoms with Crippen molar-refractivity contribution < 1.29 is 0 Å². The van der Waals surface area contributed by atoms with Gasteiger partial charge < -0.3 is 5.32 Å². The van der Waals surface area contributed by atoms with Gasteiger partial charge in [-0.15, -0.1) is 0 Å². The van der Waals surface area contributed by atoms with Crippen LogP contribution in [0, 0.1) is 0 Å². The predicted octanol–water partition coefficient (Wildman–Crippen LogP) is 3.47. The van der Waals surface area contributed by atoms with E-state index in [9.17, 15) is 0 Å². The lowest BCUT2D eigenvalue weighted by atomic mass is 9.94. The van der Waals surface area contributed by atoms with Gasteiger partial charge in [0.2, 0.25) is 5.95 Å². The zero-order chi connectivity index (χ0) is 14.9. The number of rotatable bonds is 2. The maximum Gasteiger partial charge on any atom is 0.222 e. The lowest BCUT2D eigenvalue weighted by molar-refractivity contribution is 0.430. The molecule has 0 radical (unpaired) electrons. The summed E-state index contributed by atoms with van der Waals surface area (Å²) in [6.07, 6.45) is 6.11. The van der Waals surface area contributed by atoms with Crippen molar-refractivity contribution in [3.8, 4) is 0 Å². The van der Waals surface area contributed by atoms with E-state index in [1.54, 1.807) is 12.5 Å². The summed E-state index contributed by atoms with van der Waals surface area (Å²) in [5, 5.41) is 8.51. The standard InChI is InChI=1S/C16H14ClN5/c17-13-5-1-3-11(7-13)15-8-14(12-4-2-6-18-9-12)21-16-19-10-20-22(15)16/h1-7,9-10,14-15H,8H2,(H,19,20,21)/t14-,15+/m0/s1. The van der Waals surface area contributed by atoms with E-state index < -0.39 is 0 Å². The van der Waals surface area contributed by atoms with Crippen molar-refractivity contribution in [1.82, 2.24) is 19.7 Å². The molecule has 0 saturated heterocycles. The Morgan fingerprint density at radius 3 is 2.91 bits per heavy atom. The van der Waals surface area contributed by atoms with Gasteiger partial charge in [-0.1, -0.05) is 29.8 Å². The number of hydrogen-bond acceptors (Lipinski definition) is 4. The van der Waals surface area contributed by atoms with Crippen molar-refractivity contribution in [2.45, 2.75) is 18.5 Å². The summed E-state index contributed by atoms with van der Waals surface area (Å²) in [5.41, 5.74) is 2.28. The van der Waals surface area contributed by atoms with Crippen LogP contribution in [-0.2, 0) is 0 Å². The zero-order valence-electron chi connectivity index (χ0n) is 11.7. The molecule has 3 heterocycles. The molecule has 5 nitrogen and oxygen atoms in total. The lowest BCUT2D eigenvalue weighted by Crippen LogP contribution is -2.28. The molecule has 110 valence electrons. The van der Waals surface area contributed by atoms with Crippen LogP contribution in [-0.4, -0.2) is 19.7 Å². The van der Waals surface area contributed by atoms with Gasteiger partial charge in [-0.3, -0.25) is 4.98 Å². The molecule has 2 aromatic heterocycles. The first-order chi connectivity index (χ1) is 10.8. The molecule has 0 amide bonds. The molecule has 0 aliphatic carbocycles. The number of nitrogens with one attached hydrogen (secondary N) is 1. The van der Waals surface area contributed by atoms with E-state index in [1.165, 1.54) is 0 Å². The third-order valence-corrected chi connectivity index (χ3v) is 4.19. The topological polar surface area (TPSA) is 55.6 Å². The van der Waals surface area contributed by atoms with Gasteiger partial charge in [-0.05, 0) is 35.7 Å². The van der Waals surface area contributed by atoms with Crippen molar-refractivity contribution in [2.75, 3.05) is 5.32 Å². The number of anilines is 1. The highest BCUT2D eigenvalue weighted by atomic mass is 35.5. The quantitative estimate of drug-likeness (QED) is 0.787. The van der Waals surface area contributed by atoms with E-state index in [4.69, 9.17) is 11.6 Å². The Labute approximate surface area is 133 Å². The smallest absolute Gasteiger partial charge is 0.222 e. The molecule has 0 fully saturated rings. The third kappa shape index (κ3) is 2.33. The number of aromatic nitrogens is 4. The third-order valence-electron chi connectivity index (χ3n) is 3.95. The highest BCUT2D eigenvalue weighted by Gasteiger charge is 2.29. The van der Waals surface area contributed by atoms with Crippen LogP contribution >= 0.6 is 11.6 Å². The van der Waals surface area contributed by atoms with Gasteiger partial charge in [0.05, 0.1) is 12.1 Å². The van der Waals surface area contributed by atoms with E-state index in [1.807, 2.05) is 35.1 Å². The summed E-state index contributed by atoms with van der Waals surface area (Å²) >= 11 is 6.15. The molecule has 0 spiro atoms. The fourth-order valence-corrected chi connectivity index (χ4v) is 3.11. The van der Waals surface area contributed by atoms with Crippen LogP contribution in [0.4, 0.5) is 5.95 Å². The van der Waals surface area contributed by atoms with Crippen LogP contribution in [0.25, 0.3) is 0 Å². The van der Waals surface area contributed by atoms with E-state index in [0.29, 0.717) is 0 Å². The lowest BCUT2D eigenvalue weighted by Gasteiger charge is -2.31. The van der Waals surface area contributed by atoms with Crippen LogP contribution in [0.15, 0.2) is 55.1 Å². The Hall–Kier alpha value is -2.40. The van der Waals surface area contributed by atoms with E-state index in [-0.39, 0.29) is 12.1 Å². The minimum atomic E-state index is 0.0997. The fourth-order valence-electron chi connectivity index (χ4n) is 2.91. The summed E-state index contributed by atoms with van der Waals surface area (Å²) < 4.78 is 1.92. The van der Waals surface area contributed by atoms with Crippen molar-refractivity contribution in [1.29, 1.82) is 0 Å². The average molecular weight is 312 g/mol. The zero-order valence-corrected chi connectivity index (χ0v) is 12.5. The molecule has 2 atom stereocenters. The first kappa shape index (κ1) is 13.3. The fraction of sp³-hybridized carbons (Fsp3) is 0.188. The van der Waals surface area contributed by atoms with E-state index >= 15 is 0 Å². The molecular formula is C16H14ClN5. The van der Waals surface area contributed by atoms with Gasteiger partial charge in [-0.25, -0.2) is 4.68 Å². The molecule has 1 aliphatic rings. The van der Waals surface area contributed by atoms with Crippen molar-refractivity contribution in [2.24, 2.45) is 0 Å². The maximum absolute atomic E-state index is 6.15. The van der Waals surface area contributed by atoms with E-state index in [0.717, 1.165) is 28.5 Å². The highest BCUT2D eigenvalue weighted by Crippen LogP contribution is 2.37. The summed E-state index contributed by atoms with van der Waals surface area (Å²) in [5.74, 6) is 0.769. The normalized spacial score (nSPS) is 20.2. The summed E-state index contributed by atoms with van der Waals surface area (Å²) in [4.78, 5) is 8.53. The highest BCUT2D eigenvalue weighted by molar-refractivity contribution is 6.30. The first-order valence-corrected chi connectivity index (χ1v) is 7.50. The van der Waals surface area contributed by atoms with Gasteiger partial charge in [-0.2, -0.15) is 10.1 Å². The van der Waals surface area contributed by atoms with Crippen LogP contribution in [0.5, 0.6) is 0 Å². The van der Waals surface area contributed by atoms with E-state index in [2.05, 4.69) is 32.5 Å². The Morgan fingerprint density at radius 1 is 1.18 bits per heavy atom.